The molecule has 0 aliphatic carbocycles. The van der Waals surface area contributed by atoms with Crippen molar-refractivity contribution in [2.45, 2.75) is 26.2 Å². The first kappa shape index (κ1) is 10.8. The first-order valence-electron chi connectivity index (χ1n) is 5.03. The zero-order valence-corrected chi connectivity index (χ0v) is 8.92. The zero-order valence-electron chi connectivity index (χ0n) is 8.92. The van der Waals surface area contributed by atoms with Crippen molar-refractivity contribution < 1.29 is 0 Å². The molecule has 0 aromatic heterocycles. The van der Waals surface area contributed by atoms with Crippen LogP contribution in [0.5, 0.6) is 0 Å². The Labute approximate surface area is 87.0 Å². The molecule has 0 radical (unpaired) electrons. The quantitative estimate of drug-likeness (QED) is 0.606. The van der Waals surface area contributed by atoms with Crippen molar-refractivity contribution in [1.82, 2.24) is 0 Å². The molecular formula is C14H18. The van der Waals surface area contributed by atoms with Gasteiger partial charge in [-0.2, -0.15) is 0 Å². The fraction of sp³-hybridized carbons (Fsp3) is 0.286. The van der Waals surface area contributed by atoms with E-state index in [-0.39, 0.29) is 0 Å². The van der Waals surface area contributed by atoms with Crippen LogP contribution in [0, 0.1) is 0 Å². The molecule has 1 rings (SSSR count). The predicted octanol–water partition coefficient (Wildman–Crippen LogP) is 4.14. The first-order valence-corrected chi connectivity index (χ1v) is 5.03. The Morgan fingerprint density at radius 3 is 2.36 bits per heavy atom. The number of rotatable bonds is 5. The number of allylic oxidation sites excluding steroid dienone is 2. The van der Waals surface area contributed by atoms with Crippen LogP contribution in [0.3, 0.4) is 0 Å². The Morgan fingerprint density at radius 2 is 1.79 bits per heavy atom. The highest BCUT2D eigenvalue weighted by Crippen LogP contribution is 2.13. The number of hydrogen-bond donors (Lipinski definition) is 0. The van der Waals surface area contributed by atoms with Crippen molar-refractivity contribution in [1.29, 1.82) is 0 Å². The van der Waals surface area contributed by atoms with Gasteiger partial charge < -0.3 is 0 Å². The summed E-state index contributed by atoms with van der Waals surface area (Å²) in [5.41, 5.74) is 3.86. The third-order valence-corrected chi connectivity index (χ3v) is 2.16. The van der Waals surface area contributed by atoms with E-state index in [2.05, 4.69) is 37.4 Å². The van der Waals surface area contributed by atoms with Gasteiger partial charge in [0.15, 0.2) is 0 Å². The lowest BCUT2D eigenvalue weighted by Crippen LogP contribution is -1.88. The normalized spacial score (nSPS) is 9.79. The minimum atomic E-state index is 0.965. The van der Waals surface area contributed by atoms with Crippen LogP contribution in [0.25, 0.3) is 0 Å². The van der Waals surface area contributed by atoms with Gasteiger partial charge in [0.2, 0.25) is 0 Å². The van der Waals surface area contributed by atoms with Gasteiger partial charge in [0.05, 0.1) is 0 Å². The van der Waals surface area contributed by atoms with Crippen LogP contribution >= 0.6 is 0 Å². The van der Waals surface area contributed by atoms with Gasteiger partial charge in [-0.15, -0.1) is 0 Å². The summed E-state index contributed by atoms with van der Waals surface area (Å²) in [5.74, 6) is 0. The van der Waals surface area contributed by atoms with E-state index >= 15 is 0 Å². The molecule has 0 atom stereocenters. The maximum Gasteiger partial charge on any atom is -0.0117 e. The summed E-state index contributed by atoms with van der Waals surface area (Å²) in [6, 6.07) is 10.5. The molecule has 1 aromatic rings. The highest BCUT2D eigenvalue weighted by atomic mass is 14.0. The molecule has 74 valence electrons. The molecule has 0 heteroatoms. The average molecular weight is 186 g/mol. The second-order valence-electron chi connectivity index (χ2n) is 3.87. The predicted molar refractivity (Wildman–Crippen MR) is 63.3 cm³/mol. The summed E-state index contributed by atoms with van der Waals surface area (Å²) in [4.78, 5) is 0. The molecule has 0 heterocycles. The number of benzene rings is 1. The lowest BCUT2D eigenvalue weighted by atomic mass is 10.0. The van der Waals surface area contributed by atoms with E-state index in [1.54, 1.807) is 0 Å². The SMILES string of the molecule is C=C(C)CC(=C)CCc1ccccc1. The van der Waals surface area contributed by atoms with Crippen LogP contribution in [0.2, 0.25) is 0 Å². The highest BCUT2D eigenvalue weighted by Gasteiger charge is 1.96. The minimum absolute atomic E-state index is 0.965. The van der Waals surface area contributed by atoms with E-state index in [0.717, 1.165) is 19.3 Å². The van der Waals surface area contributed by atoms with Gasteiger partial charge >= 0.3 is 0 Å². The van der Waals surface area contributed by atoms with Gasteiger partial charge in [-0.25, -0.2) is 0 Å². The van der Waals surface area contributed by atoms with Crippen LogP contribution in [0.15, 0.2) is 54.6 Å². The fourth-order valence-corrected chi connectivity index (χ4v) is 1.48. The molecule has 14 heavy (non-hydrogen) atoms. The van der Waals surface area contributed by atoms with Crippen LogP contribution in [0.1, 0.15) is 25.3 Å². The van der Waals surface area contributed by atoms with Crippen molar-refractivity contribution in [2.24, 2.45) is 0 Å². The van der Waals surface area contributed by atoms with Crippen molar-refractivity contribution in [2.75, 3.05) is 0 Å². The van der Waals surface area contributed by atoms with Gasteiger partial charge in [0.25, 0.3) is 0 Å². The van der Waals surface area contributed by atoms with Crippen molar-refractivity contribution in [3.05, 3.63) is 60.2 Å². The summed E-state index contributed by atoms with van der Waals surface area (Å²) in [6.07, 6.45) is 3.12. The standard InChI is InChI=1S/C14H18/c1-12(2)11-13(3)9-10-14-7-5-4-6-8-14/h4-8H,1,3,9-11H2,2H3. The average Bonchev–Trinajstić information content (AvgIpc) is 2.15. The molecule has 0 nitrogen and oxygen atoms in total. The minimum Gasteiger partial charge on any atom is -0.0998 e. The maximum absolute atomic E-state index is 4.05. The molecule has 1 aromatic carbocycles. The van der Waals surface area contributed by atoms with Crippen LogP contribution in [0.4, 0.5) is 0 Å². The van der Waals surface area contributed by atoms with Crippen LogP contribution < -0.4 is 0 Å². The maximum atomic E-state index is 4.05. The summed E-state index contributed by atoms with van der Waals surface area (Å²) in [6.45, 7) is 9.99. The molecule has 0 saturated heterocycles. The molecule has 0 saturated carbocycles. The number of aryl methyl sites for hydroxylation is 1. The molecule has 0 fully saturated rings. The molecule has 0 N–H and O–H groups in total. The Kier molecular flexibility index (Phi) is 4.18. The zero-order chi connectivity index (χ0) is 10.4. The Balaban J connectivity index is 2.34. The topological polar surface area (TPSA) is 0 Å². The summed E-state index contributed by atoms with van der Waals surface area (Å²) >= 11 is 0. The molecule has 0 aliphatic rings. The molecule has 0 unspecified atom stereocenters. The van der Waals surface area contributed by atoms with Gasteiger partial charge in [-0.3, -0.25) is 0 Å². The number of hydrogen-bond acceptors (Lipinski definition) is 0. The van der Waals surface area contributed by atoms with Gasteiger partial charge in [0.1, 0.15) is 0 Å². The lowest BCUT2D eigenvalue weighted by Gasteiger charge is -2.05. The Hall–Kier alpha value is -1.30. The van der Waals surface area contributed by atoms with Crippen molar-refractivity contribution in [3.63, 3.8) is 0 Å². The molecular weight excluding hydrogens is 168 g/mol. The van der Waals surface area contributed by atoms with Gasteiger partial charge in [0, 0.05) is 0 Å². The summed E-state index contributed by atoms with van der Waals surface area (Å²) in [5, 5.41) is 0. The Bertz CT molecular complexity index is 306. The Morgan fingerprint density at radius 1 is 1.14 bits per heavy atom. The third kappa shape index (κ3) is 4.08. The third-order valence-electron chi connectivity index (χ3n) is 2.16. The van der Waals surface area contributed by atoms with Gasteiger partial charge in [-0.1, -0.05) is 54.6 Å². The van der Waals surface area contributed by atoms with E-state index < -0.39 is 0 Å². The lowest BCUT2D eigenvalue weighted by molar-refractivity contribution is 0.900. The first-order chi connectivity index (χ1) is 6.68. The van der Waals surface area contributed by atoms with E-state index in [0.29, 0.717) is 0 Å². The summed E-state index contributed by atoms with van der Waals surface area (Å²) < 4.78 is 0. The van der Waals surface area contributed by atoms with Gasteiger partial charge in [-0.05, 0) is 31.7 Å². The molecule has 0 amide bonds. The van der Waals surface area contributed by atoms with Crippen LogP contribution in [-0.4, -0.2) is 0 Å². The smallest absolute Gasteiger partial charge is 0.0117 e. The molecule has 0 spiro atoms. The monoisotopic (exact) mass is 186 g/mol. The second kappa shape index (κ2) is 5.43. The molecule has 0 bridgehead atoms. The van der Waals surface area contributed by atoms with Crippen LogP contribution in [-0.2, 0) is 6.42 Å². The van der Waals surface area contributed by atoms with E-state index in [1.165, 1.54) is 16.7 Å². The van der Waals surface area contributed by atoms with E-state index in [1.807, 2.05) is 13.0 Å². The van der Waals surface area contributed by atoms with E-state index in [9.17, 15) is 0 Å². The van der Waals surface area contributed by atoms with Crippen molar-refractivity contribution >= 4 is 0 Å². The largest absolute Gasteiger partial charge is 0.0998 e. The molecule has 0 aliphatic heterocycles. The highest BCUT2D eigenvalue weighted by molar-refractivity contribution is 5.17. The van der Waals surface area contributed by atoms with E-state index in [4.69, 9.17) is 0 Å². The second-order valence-corrected chi connectivity index (χ2v) is 3.87. The fourth-order valence-electron chi connectivity index (χ4n) is 1.48. The summed E-state index contributed by atoms with van der Waals surface area (Å²) in [7, 11) is 0. The van der Waals surface area contributed by atoms with Crippen molar-refractivity contribution in [3.8, 4) is 0 Å².